The maximum absolute atomic E-state index is 15.4. The van der Waals surface area contributed by atoms with Crippen LogP contribution in [0.3, 0.4) is 0 Å². The number of morpholine rings is 1. The number of alkyl halides is 3. The van der Waals surface area contributed by atoms with E-state index < -0.39 is 73.2 Å². The van der Waals surface area contributed by atoms with E-state index in [-0.39, 0.29) is 99.6 Å². The molecule has 7 aliphatic heterocycles. The van der Waals surface area contributed by atoms with Crippen LogP contribution >= 0.6 is 0 Å². The summed E-state index contributed by atoms with van der Waals surface area (Å²) < 4.78 is 108. The Morgan fingerprint density at radius 3 is 2.46 bits per heavy atom. The summed E-state index contributed by atoms with van der Waals surface area (Å²) in [6.07, 6.45) is -0.0228. The van der Waals surface area contributed by atoms with Crippen molar-refractivity contribution >= 4 is 46.0 Å². The maximum Gasteiger partial charge on any atom is 0.406 e. The average molecular weight is 1170 g/mol. The van der Waals surface area contributed by atoms with Gasteiger partial charge in [0.2, 0.25) is 11.8 Å². The van der Waals surface area contributed by atoms with Crippen molar-refractivity contribution in [3.05, 3.63) is 41.7 Å². The molecule has 3 saturated carbocycles. The summed E-state index contributed by atoms with van der Waals surface area (Å²) in [5.74, 6) is -0.254. The van der Waals surface area contributed by atoms with Crippen molar-refractivity contribution in [2.45, 2.75) is 172 Å². The molecule has 1 aromatic carbocycles. The van der Waals surface area contributed by atoms with Crippen LogP contribution in [0.25, 0.3) is 22.2 Å². The molecule has 3 aromatic rings. The third-order valence-corrected chi connectivity index (χ3v) is 20.4. The number of piperazine rings is 1. The Hall–Kier alpha value is -5.06. The first kappa shape index (κ1) is 52.1. The molecule has 6 saturated heterocycles. The average Bonchev–Trinajstić information content (AvgIpc) is 1.49. The van der Waals surface area contributed by atoms with Gasteiger partial charge in [-0.05, 0) is 133 Å². The SMILES string of the molecule is [2H]C1([2H])C([2H])([2H])C1([2H])N1CCN(c2cnc([C@H](C)OC)c(-c3c4c5cc(ccc5n3CC(F)(F)F)N3CCO[C@@H](C[C@H](NC(=O)[C@H](C5CCCC5)N5CC[C@]6(CCN(C(=O)[C@H]7[C@@H](C8CC8)N7C)C6)C5)C(=O)N5CCC[C@H](N5)C(=O)OCC(C)(C)C4)C3)c2)CC1. The van der Waals surface area contributed by atoms with Crippen molar-refractivity contribution in [1.29, 1.82) is 0 Å². The number of amides is 3. The summed E-state index contributed by atoms with van der Waals surface area (Å²) in [6, 6.07) is 3.08. The van der Waals surface area contributed by atoms with Crippen LogP contribution in [0.15, 0.2) is 30.5 Å². The molecule has 1 unspecified atom stereocenters. The number of rotatable bonds is 12. The highest BCUT2D eigenvalue weighted by Gasteiger charge is 2.59. The highest BCUT2D eigenvalue weighted by molar-refractivity contribution is 5.95. The smallest absolute Gasteiger partial charge is 0.406 e. The fourth-order valence-electron chi connectivity index (χ4n) is 15.6. The predicted molar refractivity (Wildman–Crippen MR) is 312 cm³/mol. The molecule has 6 bridgehead atoms. The van der Waals surface area contributed by atoms with Gasteiger partial charge in [0.1, 0.15) is 24.7 Å². The minimum absolute atomic E-state index is 0.0306. The second-order valence-electron chi connectivity index (χ2n) is 27.0. The van der Waals surface area contributed by atoms with E-state index in [1.165, 1.54) is 34.4 Å². The van der Waals surface area contributed by atoms with E-state index in [9.17, 15) is 9.59 Å². The van der Waals surface area contributed by atoms with Gasteiger partial charge in [-0.3, -0.25) is 43.9 Å². The van der Waals surface area contributed by atoms with Gasteiger partial charge in [0.25, 0.3) is 5.91 Å². The summed E-state index contributed by atoms with van der Waals surface area (Å²) in [5.41, 5.74) is 5.42. The van der Waals surface area contributed by atoms with Crippen LogP contribution in [0.1, 0.15) is 128 Å². The largest absolute Gasteiger partial charge is 0.464 e. The minimum atomic E-state index is -4.69. The van der Waals surface area contributed by atoms with Gasteiger partial charge in [0.15, 0.2) is 0 Å². The number of pyridine rings is 1. The van der Waals surface area contributed by atoms with Crippen LogP contribution < -0.4 is 20.5 Å². The van der Waals surface area contributed by atoms with Crippen LogP contribution in [0.5, 0.6) is 0 Å². The van der Waals surface area contributed by atoms with Gasteiger partial charge in [-0.2, -0.15) is 13.2 Å². The monoisotopic (exact) mass is 1170 g/mol. The molecule has 9 heterocycles. The Kier molecular flexibility index (Phi) is 14.2. The van der Waals surface area contributed by atoms with Crippen LogP contribution in [0.4, 0.5) is 24.5 Å². The van der Waals surface area contributed by atoms with Crippen LogP contribution in [0, 0.1) is 22.7 Å². The van der Waals surface area contributed by atoms with Crippen LogP contribution in [0.2, 0.25) is 0 Å². The van der Waals surface area contributed by atoms with Crippen molar-refractivity contribution < 1.29 is 53.4 Å². The first-order chi connectivity index (χ1) is 42.2. The quantitative estimate of drug-likeness (QED) is 0.149. The number of hydrogen-bond donors (Lipinski definition) is 2. The van der Waals surface area contributed by atoms with E-state index in [0.29, 0.717) is 97.5 Å². The molecule has 2 aromatic heterocycles. The number of likely N-dealkylation sites (N-methyl/N-ethyl adjacent to an activating group) is 1. The zero-order valence-electron chi connectivity index (χ0n) is 54.5. The van der Waals surface area contributed by atoms with Crippen LogP contribution in [-0.4, -0.2) is 206 Å². The lowest BCUT2D eigenvalue weighted by Crippen LogP contribution is -2.62. The standard InChI is InChI=1S/C63H88F3N11O7/c1-39(82-5)52-47(30-44(33-67-52)72-25-23-71(24-26-72)42-14-15-42)55-48-32-61(2,3)38-84-60(81)49-11-8-20-77(69-49)58(79)50(31-45-34-73(27-28-83-45)43-16-17-51(46(48)29-43)76(55)37-63(64,65)66)68-57(78)54(40-9-6-7-10-40)74-21-18-62(35-74)19-22-75(36-62)59(80)56-53(70(56)4)41-12-13-41/h16-17,29-30,33,39-42,45,49-50,53-54,56,69H,6-15,18-28,31-32,34-38H2,1-5H3,(H,68,78)/t39-,45-,49-,50-,53+,54-,56+,62-,70?/m0/s1/i14D2,15D2,42D. The van der Waals surface area contributed by atoms with E-state index >= 15 is 22.8 Å². The molecular formula is C63H88F3N11O7. The Morgan fingerprint density at radius 2 is 1.73 bits per heavy atom. The van der Waals surface area contributed by atoms with Crippen molar-refractivity contribution in [2.75, 3.05) is 109 Å². The number of likely N-dealkylation sites (tertiary alicyclic amines) is 2. The Labute approximate surface area is 499 Å². The number of nitrogens with zero attached hydrogens (tertiary/aromatic N) is 9. The number of anilines is 2. The van der Waals surface area contributed by atoms with Crippen molar-refractivity contribution in [1.82, 2.24) is 44.9 Å². The van der Waals surface area contributed by atoms with Gasteiger partial charge in [-0.1, -0.05) is 26.7 Å². The molecule has 18 nitrogen and oxygen atoms in total. The molecule has 1 spiro atoms. The Bertz CT molecular complexity index is 3220. The third-order valence-electron chi connectivity index (χ3n) is 20.4. The zero-order chi connectivity index (χ0) is 62.9. The van der Waals surface area contributed by atoms with Crippen LogP contribution in [-0.2, 0) is 46.4 Å². The van der Waals surface area contributed by atoms with Gasteiger partial charge in [0.05, 0.1) is 54.7 Å². The summed E-state index contributed by atoms with van der Waals surface area (Å²) in [5, 5.41) is 5.31. The second-order valence-corrected chi connectivity index (χ2v) is 27.0. The molecule has 84 heavy (non-hydrogen) atoms. The third kappa shape index (κ3) is 11.8. The second kappa shape index (κ2) is 22.9. The van der Waals surface area contributed by atoms with Gasteiger partial charge >= 0.3 is 12.1 Å². The van der Waals surface area contributed by atoms with Crippen molar-refractivity contribution in [3.63, 3.8) is 0 Å². The number of carbonyl (C=O) groups is 4. The summed E-state index contributed by atoms with van der Waals surface area (Å²) in [4.78, 5) is 76.0. The number of carbonyl (C=O) groups excluding carboxylic acids is 4. The number of nitrogens with one attached hydrogen (secondary N) is 2. The number of hydrogen-bond acceptors (Lipinski definition) is 14. The molecule has 2 N–H and O–H groups in total. The normalized spacial score (nSPS) is 33.4. The number of hydrazine groups is 1. The molecule has 21 heteroatoms. The molecule has 9 fully saturated rings. The first-order valence-corrected chi connectivity index (χ1v) is 31.1. The molecule has 13 rings (SSSR count). The van der Waals surface area contributed by atoms with Gasteiger partial charge in [0, 0.05) is 131 Å². The number of aromatic nitrogens is 2. The van der Waals surface area contributed by atoms with Gasteiger partial charge in [-0.25, -0.2) is 5.43 Å². The first-order valence-electron chi connectivity index (χ1n) is 33.6. The van der Waals surface area contributed by atoms with Gasteiger partial charge < -0.3 is 38.8 Å². The maximum atomic E-state index is 15.4. The van der Waals surface area contributed by atoms with E-state index in [1.54, 1.807) is 19.2 Å². The summed E-state index contributed by atoms with van der Waals surface area (Å²) in [7, 11) is 3.57. The van der Waals surface area contributed by atoms with Gasteiger partial charge in [-0.15, -0.1) is 0 Å². The van der Waals surface area contributed by atoms with E-state index in [4.69, 9.17) is 26.0 Å². The van der Waals surface area contributed by atoms with Crippen molar-refractivity contribution in [3.8, 4) is 11.3 Å². The number of fused-ring (bicyclic) bond motifs is 6. The number of benzene rings is 1. The Balaban J connectivity index is 0.822. The molecule has 10 aliphatic rings. The lowest BCUT2D eigenvalue weighted by molar-refractivity contribution is -0.156. The molecule has 0 radical (unpaired) electrons. The number of ether oxygens (including phenoxy) is 3. The lowest BCUT2D eigenvalue weighted by Gasteiger charge is -2.39. The lowest BCUT2D eigenvalue weighted by atomic mass is 9.84. The molecule has 3 aliphatic carbocycles. The number of esters is 1. The van der Waals surface area contributed by atoms with E-state index in [1.807, 2.05) is 36.9 Å². The molecule has 3 amide bonds. The molecule has 9 atom stereocenters. The molecule has 458 valence electrons. The Morgan fingerprint density at radius 1 is 0.952 bits per heavy atom. The molecular weight excluding hydrogens is 1080 g/mol. The summed E-state index contributed by atoms with van der Waals surface area (Å²) in [6.45, 7) is 9.04. The fraction of sp³-hybridized carbons (Fsp3) is 0.730. The van der Waals surface area contributed by atoms with E-state index in [2.05, 4.69) is 37.4 Å². The topological polar surface area (TPSA) is 160 Å². The predicted octanol–water partition coefficient (Wildman–Crippen LogP) is 6.53. The fourth-order valence-corrected chi connectivity index (χ4v) is 15.6. The minimum Gasteiger partial charge on any atom is -0.464 e. The number of methoxy groups -OCH3 is 1. The summed E-state index contributed by atoms with van der Waals surface area (Å²) >= 11 is 0. The van der Waals surface area contributed by atoms with Crippen molar-refractivity contribution in [2.24, 2.45) is 22.7 Å². The highest BCUT2D eigenvalue weighted by Crippen LogP contribution is 2.49. The van der Waals surface area contributed by atoms with E-state index in [0.717, 1.165) is 44.2 Å². The number of halogens is 3. The highest BCUT2D eigenvalue weighted by atomic mass is 19.4. The zero-order valence-corrected chi connectivity index (χ0v) is 49.5. The number of cyclic esters (lactones) is 1.